The Morgan fingerprint density at radius 1 is 1.22 bits per heavy atom. The van der Waals surface area contributed by atoms with E-state index in [0.717, 1.165) is 29.3 Å². The van der Waals surface area contributed by atoms with E-state index < -0.39 is 5.97 Å². The van der Waals surface area contributed by atoms with Crippen molar-refractivity contribution in [2.75, 3.05) is 0 Å². The zero-order valence-corrected chi connectivity index (χ0v) is 13.2. The van der Waals surface area contributed by atoms with Gasteiger partial charge >= 0.3 is 5.97 Å². The fourth-order valence-electron chi connectivity index (χ4n) is 4.51. The number of rotatable bonds is 3. The molecule has 0 bridgehead atoms. The maximum atomic E-state index is 11.8. The van der Waals surface area contributed by atoms with Crippen LogP contribution < -0.4 is 0 Å². The monoisotopic (exact) mass is 310 g/mol. The van der Waals surface area contributed by atoms with Crippen LogP contribution in [0.2, 0.25) is 0 Å². The molecule has 1 aliphatic carbocycles. The highest BCUT2D eigenvalue weighted by molar-refractivity contribution is 5.81. The number of pyridine rings is 1. The number of fused-ring (bicyclic) bond motifs is 2. The first kappa shape index (κ1) is 14.6. The molecule has 1 saturated heterocycles. The summed E-state index contributed by atoms with van der Waals surface area (Å²) < 4.78 is 0. The maximum absolute atomic E-state index is 11.8. The topological polar surface area (TPSA) is 53.4 Å². The van der Waals surface area contributed by atoms with Gasteiger partial charge in [-0.2, -0.15) is 0 Å². The van der Waals surface area contributed by atoms with Crippen molar-refractivity contribution < 1.29 is 9.90 Å². The van der Waals surface area contributed by atoms with E-state index in [1.54, 1.807) is 0 Å². The number of hydrogen-bond acceptors (Lipinski definition) is 3. The van der Waals surface area contributed by atoms with Crippen LogP contribution in [-0.2, 0) is 11.3 Å². The lowest BCUT2D eigenvalue weighted by atomic mass is 9.84. The van der Waals surface area contributed by atoms with Gasteiger partial charge in [0.2, 0.25) is 0 Å². The zero-order valence-electron chi connectivity index (χ0n) is 13.2. The number of carboxylic acid groups (broad SMARTS) is 1. The Kier molecular flexibility index (Phi) is 3.77. The van der Waals surface area contributed by atoms with Gasteiger partial charge in [-0.25, -0.2) is 0 Å². The minimum Gasteiger partial charge on any atom is -0.480 e. The largest absolute Gasteiger partial charge is 0.480 e. The van der Waals surface area contributed by atoms with Crippen LogP contribution in [-0.4, -0.2) is 33.0 Å². The van der Waals surface area contributed by atoms with Crippen molar-refractivity contribution in [3.8, 4) is 0 Å². The SMILES string of the molecule is O=C(O)[C@@H]1C[C@@H]2CCCC[C@@H]2N1Cc1cccc2cccnc12. The minimum absolute atomic E-state index is 0.345. The van der Waals surface area contributed by atoms with Crippen molar-refractivity contribution in [3.63, 3.8) is 0 Å². The van der Waals surface area contributed by atoms with E-state index in [9.17, 15) is 9.90 Å². The number of nitrogens with zero attached hydrogens (tertiary/aromatic N) is 2. The molecule has 2 aromatic rings. The van der Waals surface area contributed by atoms with Crippen molar-refractivity contribution in [2.24, 2.45) is 5.92 Å². The predicted octanol–water partition coefficient (Wildman–Crippen LogP) is 3.45. The summed E-state index contributed by atoms with van der Waals surface area (Å²) in [5.74, 6) is -0.125. The third-order valence-electron chi connectivity index (χ3n) is 5.58. The molecule has 3 atom stereocenters. The van der Waals surface area contributed by atoms with Crippen LogP contribution in [0.3, 0.4) is 0 Å². The van der Waals surface area contributed by atoms with E-state index in [-0.39, 0.29) is 6.04 Å². The van der Waals surface area contributed by atoms with E-state index in [1.165, 1.54) is 19.3 Å². The molecule has 1 aromatic carbocycles. The predicted molar refractivity (Wildman–Crippen MR) is 89.1 cm³/mol. The number of carboxylic acids is 1. The fraction of sp³-hybridized carbons (Fsp3) is 0.474. The highest BCUT2D eigenvalue weighted by Crippen LogP contribution is 2.40. The number of hydrogen-bond donors (Lipinski definition) is 1. The molecule has 2 heterocycles. The van der Waals surface area contributed by atoms with Gasteiger partial charge in [-0.05, 0) is 36.8 Å². The van der Waals surface area contributed by atoms with Crippen molar-refractivity contribution in [1.29, 1.82) is 0 Å². The maximum Gasteiger partial charge on any atom is 0.320 e. The Morgan fingerprint density at radius 3 is 2.91 bits per heavy atom. The van der Waals surface area contributed by atoms with Crippen LogP contribution in [0.25, 0.3) is 10.9 Å². The average Bonchev–Trinajstić information content (AvgIpc) is 2.94. The number of aliphatic carboxylic acids is 1. The molecule has 2 fully saturated rings. The Bertz CT molecular complexity index is 725. The molecular formula is C19H22N2O2. The highest BCUT2D eigenvalue weighted by atomic mass is 16.4. The second-order valence-electron chi connectivity index (χ2n) is 6.87. The van der Waals surface area contributed by atoms with Gasteiger partial charge in [0.1, 0.15) is 6.04 Å². The molecule has 1 saturated carbocycles. The molecule has 0 radical (unpaired) electrons. The Balaban J connectivity index is 1.68. The van der Waals surface area contributed by atoms with Gasteiger partial charge in [-0.1, -0.05) is 37.1 Å². The Hall–Kier alpha value is -1.94. The van der Waals surface area contributed by atoms with Gasteiger partial charge in [-0.15, -0.1) is 0 Å². The molecule has 0 amide bonds. The molecule has 2 aliphatic rings. The third kappa shape index (κ3) is 2.61. The van der Waals surface area contributed by atoms with Gasteiger partial charge in [0.05, 0.1) is 5.52 Å². The van der Waals surface area contributed by atoms with Crippen LogP contribution in [0.15, 0.2) is 36.5 Å². The van der Waals surface area contributed by atoms with Gasteiger partial charge in [0.25, 0.3) is 0 Å². The summed E-state index contributed by atoms with van der Waals surface area (Å²) in [4.78, 5) is 18.5. The summed E-state index contributed by atoms with van der Waals surface area (Å²) in [5, 5.41) is 10.8. The first-order valence-corrected chi connectivity index (χ1v) is 8.55. The normalized spacial score (nSPS) is 27.9. The van der Waals surface area contributed by atoms with Crippen LogP contribution >= 0.6 is 0 Å². The van der Waals surface area contributed by atoms with Gasteiger partial charge in [0, 0.05) is 24.2 Å². The van der Waals surface area contributed by atoms with Crippen molar-refractivity contribution in [2.45, 2.75) is 50.7 Å². The number of carbonyl (C=O) groups is 1. The van der Waals surface area contributed by atoms with Gasteiger partial charge < -0.3 is 5.11 Å². The molecule has 1 aliphatic heterocycles. The standard InChI is InChI=1S/C19H22N2O2/c22-19(23)17-11-14-5-1-2-9-16(14)21(17)12-15-7-3-6-13-8-4-10-20-18(13)15/h3-4,6-8,10,14,16-17H,1-2,5,9,11-12H2,(H,22,23)/t14-,16-,17-/m0/s1. The van der Waals surface area contributed by atoms with Crippen LogP contribution in [0.1, 0.15) is 37.7 Å². The smallest absolute Gasteiger partial charge is 0.320 e. The number of aromatic nitrogens is 1. The molecule has 1 aromatic heterocycles. The summed E-state index contributed by atoms with van der Waals surface area (Å²) in [6.07, 6.45) is 7.40. The van der Waals surface area contributed by atoms with E-state index in [2.05, 4.69) is 28.1 Å². The lowest BCUT2D eigenvalue weighted by Crippen LogP contribution is -2.41. The molecule has 4 nitrogen and oxygen atoms in total. The highest BCUT2D eigenvalue weighted by Gasteiger charge is 2.45. The zero-order chi connectivity index (χ0) is 15.8. The average molecular weight is 310 g/mol. The lowest BCUT2D eigenvalue weighted by Gasteiger charge is -2.33. The molecule has 23 heavy (non-hydrogen) atoms. The van der Waals surface area contributed by atoms with Crippen molar-refractivity contribution >= 4 is 16.9 Å². The first-order valence-electron chi connectivity index (χ1n) is 8.55. The minimum atomic E-state index is -0.674. The molecule has 4 rings (SSSR count). The van der Waals surface area contributed by atoms with Gasteiger partial charge in [-0.3, -0.25) is 14.7 Å². The van der Waals surface area contributed by atoms with Crippen LogP contribution in [0.4, 0.5) is 0 Å². The summed E-state index contributed by atoms with van der Waals surface area (Å²) in [5.41, 5.74) is 2.14. The quantitative estimate of drug-likeness (QED) is 0.943. The third-order valence-corrected chi connectivity index (χ3v) is 5.58. The van der Waals surface area contributed by atoms with Crippen molar-refractivity contribution in [3.05, 3.63) is 42.1 Å². The second kappa shape index (κ2) is 5.93. The first-order chi connectivity index (χ1) is 11.2. The summed E-state index contributed by atoms with van der Waals surface area (Å²) in [6, 6.07) is 10.3. The Labute approximate surface area is 136 Å². The van der Waals surface area contributed by atoms with E-state index >= 15 is 0 Å². The lowest BCUT2D eigenvalue weighted by molar-refractivity contribution is -0.142. The Morgan fingerprint density at radius 2 is 2.04 bits per heavy atom. The fourth-order valence-corrected chi connectivity index (χ4v) is 4.51. The van der Waals surface area contributed by atoms with E-state index in [4.69, 9.17) is 0 Å². The van der Waals surface area contributed by atoms with Crippen LogP contribution in [0, 0.1) is 5.92 Å². The van der Waals surface area contributed by atoms with Crippen LogP contribution in [0.5, 0.6) is 0 Å². The van der Waals surface area contributed by atoms with Crippen molar-refractivity contribution in [1.82, 2.24) is 9.88 Å². The van der Waals surface area contributed by atoms with Gasteiger partial charge in [0.15, 0.2) is 0 Å². The number of para-hydroxylation sites is 1. The number of likely N-dealkylation sites (tertiary alicyclic amines) is 1. The second-order valence-corrected chi connectivity index (χ2v) is 6.87. The molecule has 1 N–H and O–H groups in total. The molecule has 120 valence electrons. The summed E-state index contributed by atoms with van der Waals surface area (Å²) in [6.45, 7) is 0.687. The number of benzene rings is 1. The van der Waals surface area contributed by atoms with E-state index in [1.807, 2.05) is 18.3 Å². The molecular weight excluding hydrogens is 288 g/mol. The van der Waals surface area contributed by atoms with E-state index in [0.29, 0.717) is 18.5 Å². The molecule has 0 unspecified atom stereocenters. The molecule has 4 heteroatoms. The summed E-state index contributed by atoms with van der Waals surface area (Å²) in [7, 11) is 0. The molecule has 0 spiro atoms. The summed E-state index contributed by atoms with van der Waals surface area (Å²) >= 11 is 0.